The average Bonchev–Trinajstić information content (AvgIpc) is 3.68. The summed E-state index contributed by atoms with van der Waals surface area (Å²) in [4.78, 5) is 24.2. The molecule has 2 N–H and O–H groups in total. The maximum atomic E-state index is 14.0. The molecule has 246 valence electrons. The maximum absolute atomic E-state index is 14.0. The number of nitrogens with two attached hydrogens (primary N) is 1. The number of carbonyl (C=O) groups is 1. The van der Waals surface area contributed by atoms with Crippen LogP contribution in [0.2, 0.25) is 0 Å². The Bertz CT molecular complexity index is 2310. The summed E-state index contributed by atoms with van der Waals surface area (Å²) >= 11 is 0. The summed E-state index contributed by atoms with van der Waals surface area (Å²) in [6.07, 6.45) is 7.66. The number of carbonyl (C=O) groups excluding carboxylic acids is 1. The zero-order valence-corrected chi connectivity index (χ0v) is 28.8. The van der Waals surface area contributed by atoms with Crippen molar-refractivity contribution in [3.05, 3.63) is 102 Å². The number of amides is 1. The highest BCUT2D eigenvalue weighted by atomic mass is 32.2. The first-order valence-electron chi connectivity index (χ1n) is 16.3. The number of aryl methyl sites for hydroxylation is 1. The van der Waals surface area contributed by atoms with Gasteiger partial charge in [0, 0.05) is 40.5 Å². The Morgan fingerprint density at radius 1 is 0.896 bits per heavy atom. The minimum absolute atomic E-state index is 0.176. The van der Waals surface area contributed by atoms with Crippen LogP contribution in [0.15, 0.2) is 84.3 Å². The first-order chi connectivity index (χ1) is 22.9. The molecule has 0 aliphatic carbocycles. The zero-order valence-electron chi connectivity index (χ0n) is 27.9. The smallest absolute Gasteiger partial charge is 0.269 e. The molecule has 1 aliphatic heterocycles. The Kier molecular flexibility index (Phi) is 7.96. The van der Waals surface area contributed by atoms with Gasteiger partial charge >= 0.3 is 0 Å². The second-order valence-corrected chi connectivity index (χ2v) is 15.1. The van der Waals surface area contributed by atoms with Crippen molar-refractivity contribution in [3.8, 4) is 22.3 Å². The van der Waals surface area contributed by atoms with Crippen LogP contribution in [0, 0.1) is 26.7 Å². The van der Waals surface area contributed by atoms with Crippen molar-refractivity contribution < 1.29 is 13.2 Å². The van der Waals surface area contributed by atoms with Gasteiger partial charge in [0.15, 0.2) is 5.65 Å². The first-order valence-corrected chi connectivity index (χ1v) is 17.8. The molecule has 0 spiro atoms. The molecule has 1 amide bonds. The molecule has 3 aromatic heterocycles. The van der Waals surface area contributed by atoms with Crippen molar-refractivity contribution in [1.29, 1.82) is 0 Å². The lowest BCUT2D eigenvalue weighted by Crippen LogP contribution is -2.33. The Balaban J connectivity index is 1.35. The zero-order chi connectivity index (χ0) is 33.9. The summed E-state index contributed by atoms with van der Waals surface area (Å²) in [6.45, 7) is 10.2. The van der Waals surface area contributed by atoms with Crippen molar-refractivity contribution in [3.63, 3.8) is 0 Å². The third-order valence-electron chi connectivity index (χ3n) is 10.3. The fourth-order valence-electron chi connectivity index (χ4n) is 7.11. The van der Waals surface area contributed by atoms with Crippen LogP contribution in [0.4, 0.5) is 0 Å². The number of hydrogen-bond acceptors (Lipinski definition) is 6. The van der Waals surface area contributed by atoms with Gasteiger partial charge in [0.05, 0.1) is 22.3 Å². The Morgan fingerprint density at radius 2 is 1.62 bits per heavy atom. The van der Waals surface area contributed by atoms with Crippen LogP contribution in [0.5, 0.6) is 0 Å². The molecule has 1 aliphatic rings. The van der Waals surface area contributed by atoms with Gasteiger partial charge in [-0.15, -0.1) is 0 Å². The quantitative estimate of drug-likeness (QED) is 0.200. The van der Waals surface area contributed by atoms with Gasteiger partial charge in [0.2, 0.25) is 5.91 Å². The van der Waals surface area contributed by atoms with E-state index in [0.717, 1.165) is 57.5 Å². The number of likely N-dealkylation sites (tertiary alicyclic amines) is 1. The number of primary amides is 1. The molecular weight excluding hydrogens is 621 g/mol. The molecule has 6 aromatic rings. The summed E-state index contributed by atoms with van der Waals surface area (Å²) in [5, 5.41) is 0.680. The third kappa shape index (κ3) is 5.38. The van der Waals surface area contributed by atoms with E-state index in [9.17, 15) is 13.2 Å². The van der Waals surface area contributed by atoms with Gasteiger partial charge in [-0.05, 0) is 125 Å². The summed E-state index contributed by atoms with van der Waals surface area (Å²) in [5.74, 6) is 0.0988. The summed E-state index contributed by atoms with van der Waals surface area (Å²) in [6, 6.07) is 19.0. The molecule has 4 heterocycles. The number of benzene rings is 3. The number of rotatable bonds is 7. The minimum Gasteiger partial charge on any atom is -0.366 e. The molecular formula is C38H40N6O3S. The van der Waals surface area contributed by atoms with Gasteiger partial charge in [0.1, 0.15) is 0 Å². The SMILES string of the molecule is Cc1ccc(S(=O)(=O)n2cc(-c3ccc(C(N)=O)c(C)c3C)c3cc(-c4ccc5c(c4)ncn5C(C)C4CCN(C)CC4)cnc32)cc1. The largest absolute Gasteiger partial charge is 0.366 e. The normalized spacial score (nSPS) is 15.4. The lowest BCUT2D eigenvalue weighted by Gasteiger charge is -2.33. The summed E-state index contributed by atoms with van der Waals surface area (Å²) in [5.41, 5.74) is 14.2. The van der Waals surface area contributed by atoms with Crippen LogP contribution in [0.1, 0.15) is 52.9 Å². The van der Waals surface area contributed by atoms with E-state index in [0.29, 0.717) is 34.1 Å². The van der Waals surface area contributed by atoms with E-state index in [4.69, 9.17) is 15.7 Å². The number of nitrogens with zero attached hydrogens (tertiary/aromatic N) is 5. The van der Waals surface area contributed by atoms with Gasteiger partial charge in [-0.25, -0.2) is 22.4 Å². The van der Waals surface area contributed by atoms with Crippen LogP contribution in [-0.4, -0.2) is 57.9 Å². The predicted octanol–water partition coefficient (Wildman–Crippen LogP) is 6.88. The van der Waals surface area contributed by atoms with Crippen molar-refractivity contribution in [1.82, 2.24) is 23.4 Å². The van der Waals surface area contributed by atoms with Gasteiger partial charge in [-0.1, -0.05) is 29.8 Å². The number of aromatic nitrogens is 4. The third-order valence-corrected chi connectivity index (χ3v) is 12.0. The lowest BCUT2D eigenvalue weighted by molar-refractivity contribution is 0.0999. The molecule has 1 atom stereocenters. The molecule has 7 rings (SSSR count). The number of hydrogen-bond donors (Lipinski definition) is 1. The van der Waals surface area contributed by atoms with E-state index in [2.05, 4.69) is 41.6 Å². The van der Waals surface area contributed by atoms with E-state index >= 15 is 0 Å². The predicted molar refractivity (Wildman–Crippen MR) is 191 cm³/mol. The van der Waals surface area contributed by atoms with E-state index in [1.54, 1.807) is 42.7 Å². The highest BCUT2D eigenvalue weighted by molar-refractivity contribution is 7.90. The fraction of sp³-hybridized carbons (Fsp3) is 0.289. The van der Waals surface area contributed by atoms with Gasteiger partial charge in [-0.2, -0.15) is 0 Å². The molecule has 3 aromatic carbocycles. The Hall–Kier alpha value is -4.80. The Morgan fingerprint density at radius 3 is 2.33 bits per heavy atom. The molecule has 48 heavy (non-hydrogen) atoms. The highest BCUT2D eigenvalue weighted by Crippen LogP contribution is 2.38. The van der Waals surface area contributed by atoms with Gasteiger partial charge in [-0.3, -0.25) is 4.79 Å². The van der Waals surface area contributed by atoms with Crippen LogP contribution >= 0.6 is 0 Å². The first kappa shape index (κ1) is 31.8. The van der Waals surface area contributed by atoms with Gasteiger partial charge < -0.3 is 15.2 Å². The van der Waals surface area contributed by atoms with E-state index in [1.807, 2.05) is 39.2 Å². The standard InChI is InChI=1S/C38H40N6O3S/c1-23-6-9-30(10-7-23)48(46,47)44-21-34(31-11-12-32(37(39)45)25(3)24(31)2)33-18-29(20-40-38(33)44)28-8-13-36-35(19-28)41-22-43(36)26(4)27-14-16-42(5)17-15-27/h6-13,18-22,26-27H,14-17H2,1-5H3,(H2,39,45). The Labute approximate surface area is 281 Å². The fourth-order valence-corrected chi connectivity index (χ4v) is 8.44. The molecule has 9 nitrogen and oxygen atoms in total. The molecule has 1 fully saturated rings. The van der Waals surface area contributed by atoms with Crippen LogP contribution in [-0.2, 0) is 10.0 Å². The van der Waals surface area contributed by atoms with Crippen LogP contribution in [0.25, 0.3) is 44.3 Å². The van der Waals surface area contributed by atoms with Crippen molar-refractivity contribution >= 4 is 38.0 Å². The molecule has 0 radical (unpaired) electrons. The second-order valence-electron chi connectivity index (χ2n) is 13.3. The average molecular weight is 661 g/mol. The molecule has 1 saturated heterocycles. The summed E-state index contributed by atoms with van der Waals surface area (Å²) < 4.78 is 31.6. The maximum Gasteiger partial charge on any atom is 0.269 e. The van der Waals surface area contributed by atoms with Crippen LogP contribution in [0.3, 0.4) is 0 Å². The van der Waals surface area contributed by atoms with E-state index in [-0.39, 0.29) is 4.90 Å². The van der Waals surface area contributed by atoms with Crippen molar-refractivity contribution in [2.75, 3.05) is 20.1 Å². The highest BCUT2D eigenvalue weighted by Gasteiger charge is 2.26. The number of pyridine rings is 1. The monoisotopic (exact) mass is 660 g/mol. The minimum atomic E-state index is -3.97. The lowest BCUT2D eigenvalue weighted by atomic mass is 9.90. The second kappa shape index (κ2) is 12.0. The molecule has 10 heteroatoms. The van der Waals surface area contributed by atoms with Gasteiger partial charge in [0.25, 0.3) is 10.0 Å². The van der Waals surface area contributed by atoms with Crippen molar-refractivity contribution in [2.45, 2.75) is 51.5 Å². The molecule has 0 saturated carbocycles. The number of piperidine rings is 1. The van der Waals surface area contributed by atoms with Crippen LogP contribution < -0.4 is 5.73 Å². The topological polar surface area (TPSA) is 116 Å². The van der Waals surface area contributed by atoms with Crippen molar-refractivity contribution in [2.24, 2.45) is 11.7 Å². The van der Waals surface area contributed by atoms with E-state index in [1.165, 1.54) is 16.8 Å². The number of fused-ring (bicyclic) bond motifs is 2. The summed E-state index contributed by atoms with van der Waals surface area (Å²) in [7, 11) is -1.79. The molecule has 0 bridgehead atoms. The molecule has 1 unspecified atom stereocenters. The number of imidazole rings is 1. The van der Waals surface area contributed by atoms with E-state index < -0.39 is 15.9 Å².